The first-order valence-electron chi connectivity index (χ1n) is 5.16. The summed E-state index contributed by atoms with van der Waals surface area (Å²) in [6.45, 7) is 1.86. The number of rotatable bonds is 3. The summed E-state index contributed by atoms with van der Waals surface area (Å²) in [5.41, 5.74) is 2.03. The van der Waals surface area contributed by atoms with Crippen LogP contribution in [0.25, 0.3) is 11.3 Å². The lowest BCUT2D eigenvalue weighted by Crippen LogP contribution is -1.95. The fourth-order valence-corrected chi connectivity index (χ4v) is 1.87. The molecule has 5 nitrogen and oxygen atoms in total. The summed E-state index contributed by atoms with van der Waals surface area (Å²) in [4.78, 5) is 10.8. The van der Waals surface area contributed by atoms with Crippen LogP contribution < -0.4 is 4.74 Å². The number of nitrogens with one attached hydrogen (secondary N) is 1. The number of carboxylic acid groups (broad SMARTS) is 1. The average molecular weight is 267 g/mol. The topological polar surface area (TPSA) is 75.2 Å². The molecule has 2 rings (SSSR count). The molecule has 94 valence electrons. The largest absolute Gasteiger partial charge is 0.494 e. The zero-order valence-corrected chi connectivity index (χ0v) is 10.6. The molecule has 0 aliphatic rings. The van der Waals surface area contributed by atoms with Gasteiger partial charge in [-0.25, -0.2) is 4.79 Å². The fourth-order valence-electron chi connectivity index (χ4n) is 1.63. The van der Waals surface area contributed by atoms with E-state index in [1.165, 1.54) is 13.2 Å². The molecule has 0 unspecified atom stereocenters. The van der Waals surface area contributed by atoms with Crippen LogP contribution in [0.15, 0.2) is 18.2 Å². The highest BCUT2D eigenvalue weighted by Gasteiger charge is 2.16. The van der Waals surface area contributed by atoms with Crippen molar-refractivity contribution in [2.45, 2.75) is 6.92 Å². The molecule has 0 aliphatic heterocycles. The molecule has 0 aliphatic carbocycles. The minimum Gasteiger partial charge on any atom is -0.494 e. The van der Waals surface area contributed by atoms with Gasteiger partial charge in [0.2, 0.25) is 0 Å². The van der Waals surface area contributed by atoms with Crippen molar-refractivity contribution < 1.29 is 14.6 Å². The van der Waals surface area contributed by atoms with Gasteiger partial charge in [0.15, 0.2) is 0 Å². The summed E-state index contributed by atoms with van der Waals surface area (Å²) in [5.74, 6) is -0.578. The number of aromatic carboxylic acids is 1. The molecular weight excluding hydrogens is 256 g/mol. The van der Waals surface area contributed by atoms with Gasteiger partial charge in [-0.2, -0.15) is 5.10 Å². The molecule has 6 heteroatoms. The van der Waals surface area contributed by atoms with E-state index in [2.05, 4.69) is 10.2 Å². The van der Waals surface area contributed by atoms with E-state index in [1.54, 1.807) is 6.07 Å². The molecule has 2 N–H and O–H groups in total. The van der Waals surface area contributed by atoms with Crippen LogP contribution in [0.3, 0.4) is 0 Å². The number of aryl methyl sites for hydroxylation is 1. The number of ether oxygens (including phenoxy) is 1. The number of aromatic amines is 1. The molecule has 0 amide bonds. The minimum absolute atomic E-state index is 0.0174. The maximum atomic E-state index is 10.8. The van der Waals surface area contributed by atoms with Gasteiger partial charge in [0, 0.05) is 5.56 Å². The van der Waals surface area contributed by atoms with Crippen molar-refractivity contribution in [3.63, 3.8) is 0 Å². The second-order valence-electron chi connectivity index (χ2n) is 3.75. The lowest BCUT2D eigenvalue weighted by atomic mass is 10.1. The second-order valence-corrected chi connectivity index (χ2v) is 4.13. The third-order valence-electron chi connectivity index (χ3n) is 2.58. The maximum absolute atomic E-state index is 10.8. The van der Waals surface area contributed by atoms with Crippen LogP contribution in [0.1, 0.15) is 16.1 Å². The van der Waals surface area contributed by atoms with Crippen molar-refractivity contribution >= 4 is 17.6 Å². The van der Waals surface area contributed by atoms with Crippen molar-refractivity contribution in [3.8, 4) is 17.0 Å². The summed E-state index contributed by atoms with van der Waals surface area (Å²) < 4.78 is 5.25. The van der Waals surface area contributed by atoms with E-state index in [0.29, 0.717) is 22.0 Å². The predicted molar refractivity (Wildman–Crippen MR) is 67.3 cm³/mol. The van der Waals surface area contributed by atoms with Crippen molar-refractivity contribution in [1.29, 1.82) is 0 Å². The molecule has 0 bridgehead atoms. The second kappa shape index (κ2) is 4.70. The predicted octanol–water partition coefficient (Wildman–Crippen LogP) is 2.75. The third kappa shape index (κ3) is 2.04. The quantitative estimate of drug-likeness (QED) is 0.896. The van der Waals surface area contributed by atoms with Gasteiger partial charge < -0.3 is 9.84 Å². The van der Waals surface area contributed by atoms with Gasteiger partial charge in [-0.1, -0.05) is 17.7 Å². The number of hydrogen-bond donors (Lipinski definition) is 2. The molecule has 0 atom stereocenters. The van der Waals surface area contributed by atoms with Gasteiger partial charge in [0.1, 0.15) is 11.4 Å². The zero-order valence-electron chi connectivity index (χ0n) is 9.82. The van der Waals surface area contributed by atoms with E-state index < -0.39 is 5.97 Å². The van der Waals surface area contributed by atoms with E-state index in [4.69, 9.17) is 21.4 Å². The van der Waals surface area contributed by atoms with Crippen LogP contribution in [0.5, 0.6) is 5.75 Å². The Morgan fingerprint density at radius 1 is 1.50 bits per heavy atom. The fraction of sp³-hybridized carbons (Fsp3) is 0.167. The highest BCUT2D eigenvalue weighted by Crippen LogP contribution is 2.37. The first-order chi connectivity index (χ1) is 8.54. The molecule has 0 spiro atoms. The summed E-state index contributed by atoms with van der Waals surface area (Å²) in [7, 11) is 1.51. The number of H-pyrrole nitrogens is 1. The molecule has 0 fully saturated rings. The number of nitrogens with zero attached hydrogens (tertiary/aromatic N) is 1. The van der Waals surface area contributed by atoms with E-state index in [-0.39, 0.29) is 5.69 Å². The molecule has 1 heterocycles. The zero-order chi connectivity index (χ0) is 13.3. The standard InChI is InChI=1S/C12H11ClN2O3/c1-6-3-4-7(11(18-2)10(6)13)8-5-9(12(16)17)15-14-8/h3-5H,1-2H3,(H,14,15)(H,16,17). The van der Waals surface area contributed by atoms with Crippen molar-refractivity contribution in [2.24, 2.45) is 0 Å². The molecule has 0 saturated heterocycles. The number of methoxy groups -OCH3 is 1. The van der Waals surface area contributed by atoms with Crippen molar-refractivity contribution in [2.75, 3.05) is 7.11 Å². The van der Waals surface area contributed by atoms with E-state index >= 15 is 0 Å². The Morgan fingerprint density at radius 3 is 2.78 bits per heavy atom. The van der Waals surface area contributed by atoms with E-state index in [1.807, 2.05) is 13.0 Å². The molecule has 0 radical (unpaired) electrons. The highest BCUT2D eigenvalue weighted by atomic mass is 35.5. The van der Waals surface area contributed by atoms with Crippen LogP contribution in [0.2, 0.25) is 5.02 Å². The van der Waals surface area contributed by atoms with Crippen LogP contribution in [-0.4, -0.2) is 28.4 Å². The van der Waals surface area contributed by atoms with Gasteiger partial charge in [-0.05, 0) is 24.6 Å². The Bertz CT molecular complexity index is 607. The van der Waals surface area contributed by atoms with Gasteiger partial charge in [0.05, 0.1) is 17.8 Å². The minimum atomic E-state index is -1.06. The average Bonchev–Trinajstić information content (AvgIpc) is 2.82. The number of hydrogen-bond acceptors (Lipinski definition) is 3. The molecule has 1 aromatic heterocycles. The Kier molecular flexibility index (Phi) is 3.25. The summed E-state index contributed by atoms with van der Waals surface area (Å²) in [6, 6.07) is 5.06. The molecular formula is C12H11ClN2O3. The van der Waals surface area contributed by atoms with Crippen LogP contribution >= 0.6 is 11.6 Å². The van der Waals surface area contributed by atoms with Crippen molar-refractivity contribution in [1.82, 2.24) is 10.2 Å². The monoisotopic (exact) mass is 266 g/mol. The number of aromatic nitrogens is 2. The smallest absolute Gasteiger partial charge is 0.353 e. The van der Waals surface area contributed by atoms with E-state index in [0.717, 1.165) is 5.56 Å². The Hall–Kier alpha value is -2.01. The number of halogens is 1. The van der Waals surface area contributed by atoms with Gasteiger partial charge >= 0.3 is 5.97 Å². The lowest BCUT2D eigenvalue weighted by Gasteiger charge is -2.10. The van der Waals surface area contributed by atoms with Gasteiger partial charge in [-0.3, -0.25) is 5.10 Å². The highest BCUT2D eigenvalue weighted by molar-refractivity contribution is 6.33. The third-order valence-corrected chi connectivity index (χ3v) is 3.05. The van der Waals surface area contributed by atoms with Crippen LogP contribution in [-0.2, 0) is 0 Å². The van der Waals surface area contributed by atoms with Crippen molar-refractivity contribution in [3.05, 3.63) is 34.5 Å². The van der Waals surface area contributed by atoms with Gasteiger partial charge in [0.25, 0.3) is 0 Å². The number of carboxylic acids is 1. The molecule has 18 heavy (non-hydrogen) atoms. The van der Waals surface area contributed by atoms with Gasteiger partial charge in [-0.15, -0.1) is 0 Å². The van der Waals surface area contributed by atoms with Crippen LogP contribution in [0, 0.1) is 6.92 Å². The SMILES string of the molecule is COc1c(-c2cc(C(=O)O)[nH]n2)ccc(C)c1Cl. The Morgan fingerprint density at radius 2 is 2.22 bits per heavy atom. The summed E-state index contributed by atoms with van der Waals surface area (Å²) >= 11 is 6.14. The summed E-state index contributed by atoms with van der Waals surface area (Å²) in [5, 5.41) is 15.7. The number of carbonyl (C=O) groups is 1. The maximum Gasteiger partial charge on any atom is 0.353 e. The molecule has 2 aromatic rings. The first-order valence-corrected chi connectivity index (χ1v) is 5.54. The van der Waals surface area contributed by atoms with Crippen LogP contribution in [0.4, 0.5) is 0 Å². The first kappa shape index (κ1) is 12.4. The number of benzene rings is 1. The molecule has 1 aromatic carbocycles. The Labute approximate surface area is 108 Å². The summed E-state index contributed by atoms with van der Waals surface area (Å²) in [6.07, 6.45) is 0. The molecule has 0 saturated carbocycles. The lowest BCUT2D eigenvalue weighted by molar-refractivity contribution is 0.0690. The normalized spacial score (nSPS) is 10.4. The van der Waals surface area contributed by atoms with E-state index in [9.17, 15) is 4.79 Å². The Balaban J connectivity index is 2.56.